The summed E-state index contributed by atoms with van der Waals surface area (Å²) in [4.78, 5) is 39.7. The molecule has 1 saturated heterocycles. The van der Waals surface area contributed by atoms with Crippen LogP contribution in [0, 0.1) is 16.7 Å². The number of likely N-dealkylation sites (tertiary alicyclic amines) is 1. The SMILES string of the molecule is CCC1CCCC(NC(=O)C2CC(CC)(CO)CN2C(=O)CNc2ccccc2C(=N)C(N)=O)C1. The second kappa shape index (κ2) is 11.7. The molecule has 0 bridgehead atoms. The largest absolute Gasteiger partial charge is 0.396 e. The Morgan fingerprint density at radius 1 is 1.23 bits per heavy atom. The van der Waals surface area contributed by atoms with E-state index in [4.69, 9.17) is 11.1 Å². The zero-order valence-corrected chi connectivity index (χ0v) is 20.8. The number of para-hydroxylation sites is 1. The van der Waals surface area contributed by atoms with Gasteiger partial charge in [-0.2, -0.15) is 0 Å². The topological polar surface area (TPSA) is 149 Å². The fourth-order valence-electron chi connectivity index (χ4n) is 5.39. The lowest BCUT2D eigenvalue weighted by molar-refractivity contribution is -0.137. The average Bonchev–Trinajstić information content (AvgIpc) is 3.28. The normalized spacial score (nSPS) is 26.3. The maximum Gasteiger partial charge on any atom is 0.267 e. The van der Waals surface area contributed by atoms with Gasteiger partial charge in [0.1, 0.15) is 11.8 Å². The van der Waals surface area contributed by atoms with Crippen LogP contribution < -0.4 is 16.4 Å². The van der Waals surface area contributed by atoms with Gasteiger partial charge in [-0.1, -0.05) is 51.3 Å². The Bertz CT molecular complexity index is 945. The van der Waals surface area contributed by atoms with Crippen LogP contribution in [0.4, 0.5) is 5.69 Å². The third-order valence-electron chi connectivity index (χ3n) is 7.80. The Hall–Kier alpha value is -2.94. The molecule has 192 valence electrons. The van der Waals surface area contributed by atoms with Crippen LogP contribution in [-0.4, -0.2) is 65.2 Å². The van der Waals surface area contributed by atoms with Crippen LogP contribution >= 0.6 is 0 Å². The fourth-order valence-corrected chi connectivity index (χ4v) is 5.39. The molecule has 9 nitrogen and oxygen atoms in total. The highest BCUT2D eigenvalue weighted by Gasteiger charge is 2.47. The van der Waals surface area contributed by atoms with Gasteiger partial charge in [0.2, 0.25) is 11.8 Å². The number of amides is 3. The average molecular weight is 486 g/mol. The molecule has 0 radical (unpaired) electrons. The van der Waals surface area contributed by atoms with Crippen LogP contribution in [0.2, 0.25) is 0 Å². The van der Waals surface area contributed by atoms with Crippen LogP contribution in [0.5, 0.6) is 0 Å². The molecule has 1 aliphatic heterocycles. The molecule has 6 N–H and O–H groups in total. The molecule has 9 heteroatoms. The number of anilines is 1. The predicted molar refractivity (Wildman–Crippen MR) is 135 cm³/mol. The lowest BCUT2D eigenvalue weighted by Gasteiger charge is -2.31. The van der Waals surface area contributed by atoms with Crippen molar-refractivity contribution < 1.29 is 19.5 Å². The van der Waals surface area contributed by atoms with Gasteiger partial charge in [-0.25, -0.2) is 0 Å². The van der Waals surface area contributed by atoms with Crippen molar-refractivity contribution >= 4 is 29.1 Å². The van der Waals surface area contributed by atoms with Gasteiger partial charge < -0.3 is 26.4 Å². The first-order valence-corrected chi connectivity index (χ1v) is 12.7. The molecule has 1 aliphatic carbocycles. The lowest BCUT2D eigenvalue weighted by Crippen LogP contribution is -2.50. The Balaban J connectivity index is 1.73. The smallest absolute Gasteiger partial charge is 0.267 e. The van der Waals surface area contributed by atoms with Crippen molar-refractivity contribution in [3.05, 3.63) is 29.8 Å². The molecule has 0 aromatic heterocycles. The van der Waals surface area contributed by atoms with Crippen molar-refractivity contribution in [2.24, 2.45) is 17.1 Å². The number of nitrogens with zero attached hydrogens (tertiary/aromatic N) is 1. The Morgan fingerprint density at radius 2 is 1.97 bits per heavy atom. The number of carbonyl (C=O) groups is 3. The van der Waals surface area contributed by atoms with Gasteiger partial charge >= 0.3 is 0 Å². The van der Waals surface area contributed by atoms with Gasteiger partial charge in [0, 0.05) is 29.3 Å². The highest BCUT2D eigenvalue weighted by Crippen LogP contribution is 2.38. The molecule has 1 aromatic carbocycles. The first-order chi connectivity index (χ1) is 16.7. The Morgan fingerprint density at radius 3 is 2.63 bits per heavy atom. The van der Waals surface area contributed by atoms with Gasteiger partial charge in [-0.3, -0.25) is 19.8 Å². The molecular formula is C26H39N5O4. The van der Waals surface area contributed by atoms with E-state index in [1.807, 2.05) is 6.92 Å². The quantitative estimate of drug-likeness (QED) is 0.322. The van der Waals surface area contributed by atoms with Crippen molar-refractivity contribution in [1.82, 2.24) is 10.2 Å². The highest BCUT2D eigenvalue weighted by molar-refractivity contribution is 6.44. The van der Waals surface area contributed by atoms with Gasteiger partial charge in [-0.05, 0) is 37.7 Å². The van der Waals surface area contributed by atoms with Crippen LogP contribution in [0.3, 0.4) is 0 Å². The molecular weight excluding hydrogens is 446 g/mol. The molecule has 0 spiro atoms. The minimum atomic E-state index is -0.856. The minimum absolute atomic E-state index is 0.0928. The maximum absolute atomic E-state index is 13.3. The van der Waals surface area contributed by atoms with Crippen LogP contribution in [0.25, 0.3) is 0 Å². The van der Waals surface area contributed by atoms with E-state index in [1.54, 1.807) is 29.2 Å². The molecule has 2 aliphatic rings. The number of nitrogens with two attached hydrogens (primary N) is 1. The Labute approximate surface area is 207 Å². The zero-order chi connectivity index (χ0) is 25.6. The first kappa shape index (κ1) is 26.7. The number of aliphatic hydroxyl groups is 1. The van der Waals surface area contributed by atoms with Crippen LogP contribution in [0.1, 0.15) is 64.4 Å². The Kier molecular flexibility index (Phi) is 8.88. The number of aliphatic hydroxyl groups excluding tert-OH is 1. The number of nitrogens with one attached hydrogen (secondary N) is 3. The van der Waals surface area contributed by atoms with Crippen LogP contribution in [-0.2, 0) is 14.4 Å². The van der Waals surface area contributed by atoms with Crippen molar-refractivity contribution in [3.63, 3.8) is 0 Å². The summed E-state index contributed by atoms with van der Waals surface area (Å²) in [6.07, 6.45) is 6.38. The summed E-state index contributed by atoms with van der Waals surface area (Å²) in [6, 6.07) is 6.16. The summed E-state index contributed by atoms with van der Waals surface area (Å²) in [5.74, 6) is -0.666. The molecule has 1 heterocycles. The van der Waals surface area contributed by atoms with Crippen molar-refractivity contribution in [3.8, 4) is 0 Å². The zero-order valence-electron chi connectivity index (χ0n) is 20.8. The predicted octanol–water partition coefficient (Wildman–Crippen LogP) is 2.03. The standard InChI is InChI=1S/C26H39N5O4/c1-3-17-8-7-9-18(12-17)30-25(35)21-13-26(4-2,16-32)15-31(21)22(33)14-29-20-11-6-5-10-19(20)23(27)24(28)34/h5-6,10-11,17-18,21,27,29,32H,3-4,7-9,12-16H2,1-2H3,(H2,28,34)(H,30,35). The second-order valence-electron chi connectivity index (χ2n) is 10.0. The summed E-state index contributed by atoms with van der Waals surface area (Å²) >= 11 is 0. The summed E-state index contributed by atoms with van der Waals surface area (Å²) < 4.78 is 0. The molecule has 4 unspecified atom stereocenters. The minimum Gasteiger partial charge on any atom is -0.396 e. The summed E-state index contributed by atoms with van der Waals surface area (Å²) in [5.41, 5.74) is 5.16. The molecule has 2 fully saturated rings. The van der Waals surface area contributed by atoms with Gasteiger partial charge in [-0.15, -0.1) is 0 Å². The van der Waals surface area contributed by atoms with E-state index >= 15 is 0 Å². The van der Waals surface area contributed by atoms with E-state index < -0.39 is 17.4 Å². The monoisotopic (exact) mass is 485 g/mol. The third kappa shape index (κ3) is 6.20. The maximum atomic E-state index is 13.3. The van der Waals surface area contributed by atoms with E-state index in [1.165, 1.54) is 6.42 Å². The van der Waals surface area contributed by atoms with E-state index in [0.29, 0.717) is 36.6 Å². The fraction of sp³-hybridized carbons (Fsp3) is 0.615. The van der Waals surface area contributed by atoms with Gasteiger partial charge in [0.05, 0.1) is 13.2 Å². The molecule has 3 amide bonds. The van der Waals surface area contributed by atoms with E-state index in [-0.39, 0.29) is 36.7 Å². The number of primary amides is 1. The van der Waals surface area contributed by atoms with Crippen molar-refractivity contribution in [2.45, 2.75) is 70.9 Å². The molecule has 4 atom stereocenters. The summed E-state index contributed by atoms with van der Waals surface area (Å²) in [5, 5.41) is 24.2. The number of hydrogen-bond donors (Lipinski definition) is 5. The number of benzene rings is 1. The number of carbonyl (C=O) groups excluding carboxylic acids is 3. The van der Waals surface area contributed by atoms with Crippen molar-refractivity contribution in [1.29, 1.82) is 5.41 Å². The van der Waals surface area contributed by atoms with Gasteiger partial charge in [0.25, 0.3) is 5.91 Å². The molecule has 35 heavy (non-hydrogen) atoms. The molecule has 1 aromatic rings. The lowest BCUT2D eigenvalue weighted by atomic mass is 9.83. The number of hydrogen-bond acceptors (Lipinski definition) is 6. The summed E-state index contributed by atoms with van der Waals surface area (Å²) in [7, 11) is 0. The molecule has 1 saturated carbocycles. The van der Waals surface area contributed by atoms with Crippen LogP contribution in [0.15, 0.2) is 24.3 Å². The number of rotatable bonds is 10. The second-order valence-corrected chi connectivity index (χ2v) is 10.0. The van der Waals surface area contributed by atoms with E-state index in [0.717, 1.165) is 25.7 Å². The van der Waals surface area contributed by atoms with Gasteiger partial charge in [0.15, 0.2) is 0 Å². The highest BCUT2D eigenvalue weighted by atomic mass is 16.3. The van der Waals surface area contributed by atoms with Crippen molar-refractivity contribution in [2.75, 3.05) is 25.0 Å². The van der Waals surface area contributed by atoms with E-state index in [2.05, 4.69) is 17.6 Å². The van der Waals surface area contributed by atoms with E-state index in [9.17, 15) is 19.5 Å². The first-order valence-electron chi connectivity index (χ1n) is 12.7. The summed E-state index contributed by atoms with van der Waals surface area (Å²) in [6.45, 7) is 4.25. The third-order valence-corrected chi connectivity index (χ3v) is 7.80. The molecule has 3 rings (SSSR count).